The monoisotopic (exact) mass is 365 g/mol. The second-order valence-corrected chi connectivity index (χ2v) is 6.36. The SMILES string of the molecule is COc1ccccc1-c1cc2c(=O)n(Cc3cccc(Cl)c3)ccn2n1. The van der Waals surface area contributed by atoms with Gasteiger partial charge in [-0.25, -0.2) is 4.52 Å². The number of fused-ring (bicyclic) bond motifs is 1. The highest BCUT2D eigenvalue weighted by atomic mass is 35.5. The van der Waals surface area contributed by atoms with E-state index in [1.54, 1.807) is 34.7 Å². The zero-order valence-corrected chi connectivity index (χ0v) is 14.8. The van der Waals surface area contributed by atoms with Gasteiger partial charge in [0.05, 0.1) is 19.3 Å². The van der Waals surface area contributed by atoms with Crippen LogP contribution in [0.1, 0.15) is 5.56 Å². The molecule has 130 valence electrons. The Morgan fingerprint density at radius 3 is 2.73 bits per heavy atom. The molecule has 0 saturated heterocycles. The van der Waals surface area contributed by atoms with E-state index in [9.17, 15) is 4.79 Å². The number of benzene rings is 2. The van der Waals surface area contributed by atoms with E-state index in [1.165, 1.54) is 0 Å². The van der Waals surface area contributed by atoms with Crippen LogP contribution in [0, 0.1) is 0 Å². The van der Waals surface area contributed by atoms with Crippen molar-refractivity contribution in [3.8, 4) is 17.0 Å². The number of aromatic nitrogens is 3. The van der Waals surface area contributed by atoms with Crippen LogP contribution in [-0.2, 0) is 6.54 Å². The smallest absolute Gasteiger partial charge is 0.276 e. The normalized spacial score (nSPS) is 11.0. The maximum Gasteiger partial charge on any atom is 0.276 e. The summed E-state index contributed by atoms with van der Waals surface area (Å²) >= 11 is 6.03. The first-order valence-corrected chi connectivity index (χ1v) is 8.50. The molecule has 5 nitrogen and oxygen atoms in total. The number of para-hydroxylation sites is 1. The molecule has 0 unspecified atom stereocenters. The Balaban J connectivity index is 1.78. The van der Waals surface area contributed by atoms with Gasteiger partial charge < -0.3 is 9.30 Å². The van der Waals surface area contributed by atoms with Gasteiger partial charge in [0, 0.05) is 23.0 Å². The summed E-state index contributed by atoms with van der Waals surface area (Å²) in [4.78, 5) is 12.9. The molecule has 2 aromatic heterocycles. The maximum atomic E-state index is 12.9. The minimum Gasteiger partial charge on any atom is -0.496 e. The first-order valence-electron chi connectivity index (χ1n) is 8.12. The van der Waals surface area contributed by atoms with Gasteiger partial charge in [-0.1, -0.05) is 35.9 Å². The average molecular weight is 366 g/mol. The van der Waals surface area contributed by atoms with Gasteiger partial charge >= 0.3 is 0 Å². The zero-order chi connectivity index (χ0) is 18.1. The molecule has 0 aliphatic heterocycles. The fourth-order valence-electron chi connectivity index (χ4n) is 2.97. The number of methoxy groups -OCH3 is 1. The van der Waals surface area contributed by atoms with Crippen molar-refractivity contribution in [2.24, 2.45) is 0 Å². The fraction of sp³-hybridized carbons (Fsp3) is 0.100. The number of rotatable bonds is 4. The lowest BCUT2D eigenvalue weighted by Crippen LogP contribution is -2.21. The molecule has 2 heterocycles. The molecule has 0 fully saturated rings. The number of nitrogens with zero attached hydrogens (tertiary/aromatic N) is 3. The third kappa shape index (κ3) is 2.97. The Labute approximate surface area is 155 Å². The third-order valence-corrected chi connectivity index (χ3v) is 4.46. The molecule has 0 spiro atoms. The van der Waals surface area contributed by atoms with Crippen molar-refractivity contribution >= 4 is 17.1 Å². The van der Waals surface area contributed by atoms with Gasteiger partial charge in [0.25, 0.3) is 5.56 Å². The van der Waals surface area contributed by atoms with E-state index in [2.05, 4.69) is 5.10 Å². The summed E-state index contributed by atoms with van der Waals surface area (Å²) in [5, 5.41) is 5.17. The predicted octanol–water partition coefficient (Wildman–Crippen LogP) is 3.87. The van der Waals surface area contributed by atoms with E-state index in [0.29, 0.717) is 22.8 Å². The van der Waals surface area contributed by atoms with Gasteiger partial charge in [0.1, 0.15) is 11.3 Å². The molecule has 0 amide bonds. The summed E-state index contributed by atoms with van der Waals surface area (Å²) < 4.78 is 8.64. The Bertz CT molecular complexity index is 1150. The van der Waals surface area contributed by atoms with Crippen molar-refractivity contribution in [1.29, 1.82) is 0 Å². The highest BCUT2D eigenvalue weighted by molar-refractivity contribution is 6.30. The second-order valence-electron chi connectivity index (χ2n) is 5.92. The Kier molecular flexibility index (Phi) is 4.22. The number of hydrogen-bond donors (Lipinski definition) is 0. The molecule has 0 N–H and O–H groups in total. The van der Waals surface area contributed by atoms with Crippen molar-refractivity contribution in [3.05, 3.63) is 87.9 Å². The van der Waals surface area contributed by atoms with Gasteiger partial charge in [0.2, 0.25) is 0 Å². The molecular weight excluding hydrogens is 350 g/mol. The molecule has 0 radical (unpaired) electrons. The third-order valence-electron chi connectivity index (χ3n) is 4.23. The maximum absolute atomic E-state index is 12.9. The van der Waals surface area contributed by atoms with Gasteiger partial charge in [0.15, 0.2) is 0 Å². The van der Waals surface area contributed by atoms with E-state index >= 15 is 0 Å². The van der Waals surface area contributed by atoms with Crippen molar-refractivity contribution in [2.75, 3.05) is 7.11 Å². The highest BCUT2D eigenvalue weighted by Gasteiger charge is 2.12. The highest BCUT2D eigenvalue weighted by Crippen LogP contribution is 2.28. The summed E-state index contributed by atoms with van der Waals surface area (Å²) in [6.07, 6.45) is 3.51. The van der Waals surface area contributed by atoms with Crippen molar-refractivity contribution in [2.45, 2.75) is 6.54 Å². The lowest BCUT2D eigenvalue weighted by Gasteiger charge is -2.06. The second kappa shape index (κ2) is 6.69. The van der Waals surface area contributed by atoms with Crippen LogP contribution >= 0.6 is 11.6 Å². The lowest BCUT2D eigenvalue weighted by molar-refractivity contribution is 0.416. The van der Waals surface area contributed by atoms with Crippen LogP contribution in [0.25, 0.3) is 16.8 Å². The van der Waals surface area contributed by atoms with E-state index in [1.807, 2.05) is 48.5 Å². The molecule has 0 aliphatic rings. The molecule has 2 aromatic carbocycles. The summed E-state index contributed by atoms with van der Waals surface area (Å²) in [5.41, 5.74) is 2.91. The number of halogens is 1. The lowest BCUT2D eigenvalue weighted by atomic mass is 10.1. The molecule has 26 heavy (non-hydrogen) atoms. The van der Waals surface area contributed by atoms with Crippen molar-refractivity contribution < 1.29 is 4.74 Å². The van der Waals surface area contributed by atoms with Gasteiger partial charge in [-0.3, -0.25) is 4.79 Å². The molecular formula is C20H16ClN3O2. The minimum atomic E-state index is -0.110. The van der Waals surface area contributed by atoms with Gasteiger partial charge in [-0.05, 0) is 35.9 Å². The number of ether oxygens (including phenoxy) is 1. The Morgan fingerprint density at radius 2 is 1.92 bits per heavy atom. The van der Waals surface area contributed by atoms with E-state index < -0.39 is 0 Å². The van der Waals surface area contributed by atoms with Crippen molar-refractivity contribution in [3.63, 3.8) is 0 Å². The largest absolute Gasteiger partial charge is 0.496 e. The quantitative estimate of drug-likeness (QED) is 0.551. The molecule has 0 atom stereocenters. The summed E-state index contributed by atoms with van der Waals surface area (Å²) in [6.45, 7) is 0.449. The number of hydrogen-bond acceptors (Lipinski definition) is 3. The molecule has 6 heteroatoms. The van der Waals surface area contributed by atoms with E-state index in [-0.39, 0.29) is 5.56 Å². The van der Waals surface area contributed by atoms with Crippen molar-refractivity contribution in [1.82, 2.24) is 14.2 Å². The predicted molar refractivity (Wildman–Crippen MR) is 102 cm³/mol. The van der Waals surface area contributed by atoms with E-state index in [0.717, 1.165) is 16.9 Å². The van der Waals surface area contributed by atoms with Crippen LogP contribution in [0.15, 0.2) is 71.8 Å². The van der Waals surface area contributed by atoms with Crippen LogP contribution in [0.5, 0.6) is 5.75 Å². The molecule has 0 bridgehead atoms. The van der Waals surface area contributed by atoms with Gasteiger partial charge in [-0.2, -0.15) is 5.10 Å². The zero-order valence-electron chi connectivity index (χ0n) is 14.1. The summed E-state index contributed by atoms with van der Waals surface area (Å²) in [6, 6.07) is 16.9. The van der Waals surface area contributed by atoms with Crippen LogP contribution in [0.2, 0.25) is 5.02 Å². The first kappa shape index (κ1) is 16.4. The van der Waals surface area contributed by atoms with Crippen LogP contribution < -0.4 is 10.3 Å². The Morgan fingerprint density at radius 1 is 1.08 bits per heavy atom. The van der Waals surface area contributed by atoms with Crippen LogP contribution in [0.3, 0.4) is 0 Å². The topological polar surface area (TPSA) is 48.5 Å². The molecule has 0 saturated carbocycles. The first-order chi connectivity index (χ1) is 12.7. The van der Waals surface area contributed by atoms with Gasteiger partial charge in [-0.15, -0.1) is 0 Å². The Hall–Kier alpha value is -3.05. The van der Waals surface area contributed by atoms with E-state index in [4.69, 9.17) is 16.3 Å². The molecule has 0 aliphatic carbocycles. The summed E-state index contributed by atoms with van der Waals surface area (Å²) in [7, 11) is 1.62. The summed E-state index contributed by atoms with van der Waals surface area (Å²) in [5.74, 6) is 0.718. The standard InChI is InChI=1S/C20H16ClN3O2/c1-26-19-8-3-2-7-16(19)17-12-18-20(25)23(9-10-24(18)22-17)13-14-5-4-6-15(21)11-14/h2-12H,13H2,1H3. The van der Waals surface area contributed by atoms with Crippen LogP contribution in [0.4, 0.5) is 0 Å². The minimum absolute atomic E-state index is 0.110. The molecule has 4 rings (SSSR count). The van der Waals surface area contributed by atoms with Crippen LogP contribution in [-0.4, -0.2) is 21.3 Å². The average Bonchev–Trinajstić information content (AvgIpc) is 3.09. The molecule has 4 aromatic rings. The fourth-order valence-corrected chi connectivity index (χ4v) is 3.18.